The van der Waals surface area contributed by atoms with Crippen LogP contribution in [-0.4, -0.2) is 43.3 Å². The van der Waals surface area contributed by atoms with Gasteiger partial charge < -0.3 is 24.8 Å². The van der Waals surface area contributed by atoms with Gasteiger partial charge in [0.05, 0.1) is 24.7 Å². The number of amides is 2. The Hall–Kier alpha value is -3.39. The fourth-order valence-electron chi connectivity index (χ4n) is 3.36. The molecule has 8 nitrogen and oxygen atoms in total. The van der Waals surface area contributed by atoms with Crippen molar-refractivity contribution >= 4 is 18.0 Å². The van der Waals surface area contributed by atoms with Crippen LogP contribution in [0.2, 0.25) is 0 Å². The SMILES string of the molecule is COC(=O)C(C)(C)C(C)(C)NC(=O)C(C)(NC(=O)OC(C)(C)C)c1ccccc1.COCc1ccccc1. The summed E-state index contributed by atoms with van der Waals surface area (Å²) in [6, 6.07) is 19.0. The van der Waals surface area contributed by atoms with Gasteiger partial charge in [-0.25, -0.2) is 4.79 Å². The molecule has 0 aliphatic rings. The predicted molar refractivity (Wildman–Crippen MR) is 148 cm³/mol. The van der Waals surface area contributed by atoms with E-state index >= 15 is 0 Å². The van der Waals surface area contributed by atoms with Crippen LogP contribution in [0.15, 0.2) is 60.7 Å². The lowest BCUT2D eigenvalue weighted by atomic mass is 9.73. The van der Waals surface area contributed by atoms with E-state index in [4.69, 9.17) is 14.2 Å². The molecule has 2 amide bonds. The Balaban J connectivity index is 0.000000671. The van der Waals surface area contributed by atoms with E-state index in [-0.39, 0.29) is 0 Å². The van der Waals surface area contributed by atoms with Gasteiger partial charge in [0, 0.05) is 7.11 Å². The highest BCUT2D eigenvalue weighted by Crippen LogP contribution is 2.33. The van der Waals surface area contributed by atoms with Crippen LogP contribution >= 0.6 is 0 Å². The van der Waals surface area contributed by atoms with Gasteiger partial charge in [-0.2, -0.15) is 0 Å². The van der Waals surface area contributed by atoms with Gasteiger partial charge >= 0.3 is 12.1 Å². The molecular formula is C30H44N2O6. The summed E-state index contributed by atoms with van der Waals surface area (Å²) >= 11 is 0. The minimum Gasteiger partial charge on any atom is -0.469 e. The lowest BCUT2D eigenvalue weighted by molar-refractivity contribution is -0.156. The predicted octanol–water partition coefficient (Wildman–Crippen LogP) is 5.35. The molecule has 1 atom stereocenters. The van der Waals surface area contributed by atoms with E-state index in [1.54, 1.807) is 86.8 Å². The van der Waals surface area contributed by atoms with Crippen LogP contribution in [0.4, 0.5) is 4.79 Å². The third-order valence-corrected chi connectivity index (χ3v) is 6.39. The summed E-state index contributed by atoms with van der Waals surface area (Å²) in [7, 11) is 3.01. The Morgan fingerprint density at radius 1 is 0.737 bits per heavy atom. The molecule has 8 heteroatoms. The lowest BCUT2D eigenvalue weighted by Gasteiger charge is -2.42. The number of ether oxygens (including phenoxy) is 3. The van der Waals surface area contributed by atoms with Crippen molar-refractivity contribution in [3.05, 3.63) is 71.8 Å². The highest BCUT2D eigenvalue weighted by molar-refractivity contribution is 5.92. The van der Waals surface area contributed by atoms with Gasteiger partial charge in [0.2, 0.25) is 0 Å². The summed E-state index contributed by atoms with van der Waals surface area (Å²) in [6.07, 6.45) is -0.718. The van der Waals surface area contributed by atoms with Crippen molar-refractivity contribution in [2.24, 2.45) is 5.41 Å². The van der Waals surface area contributed by atoms with E-state index in [0.29, 0.717) is 12.2 Å². The highest BCUT2D eigenvalue weighted by atomic mass is 16.6. The average Bonchev–Trinajstić information content (AvgIpc) is 2.83. The quantitative estimate of drug-likeness (QED) is 0.448. The molecule has 1 unspecified atom stereocenters. The first-order valence-electron chi connectivity index (χ1n) is 12.5. The molecular weight excluding hydrogens is 484 g/mol. The van der Waals surface area contributed by atoms with E-state index in [0.717, 1.165) is 0 Å². The van der Waals surface area contributed by atoms with E-state index in [9.17, 15) is 14.4 Å². The Morgan fingerprint density at radius 3 is 1.68 bits per heavy atom. The summed E-state index contributed by atoms with van der Waals surface area (Å²) in [5.74, 6) is -0.930. The number of rotatable bonds is 8. The number of hydrogen-bond acceptors (Lipinski definition) is 6. The van der Waals surface area contributed by atoms with Crippen LogP contribution in [0.3, 0.4) is 0 Å². The number of carbonyl (C=O) groups excluding carboxylic acids is 3. The first-order chi connectivity index (χ1) is 17.5. The molecule has 38 heavy (non-hydrogen) atoms. The molecule has 0 spiro atoms. The lowest BCUT2D eigenvalue weighted by Crippen LogP contribution is -2.63. The molecule has 2 aromatic carbocycles. The van der Waals surface area contributed by atoms with Gasteiger partial charge in [-0.15, -0.1) is 0 Å². The molecule has 0 bridgehead atoms. The maximum atomic E-state index is 13.4. The number of benzene rings is 2. The molecule has 0 aliphatic carbocycles. The van der Waals surface area contributed by atoms with E-state index in [1.807, 2.05) is 36.4 Å². The van der Waals surface area contributed by atoms with Crippen LogP contribution < -0.4 is 10.6 Å². The Labute approximate surface area is 227 Å². The highest BCUT2D eigenvalue weighted by Gasteiger charge is 2.48. The Kier molecular flexibility index (Phi) is 11.5. The molecule has 210 valence electrons. The average molecular weight is 529 g/mol. The summed E-state index contributed by atoms with van der Waals surface area (Å²) in [4.78, 5) is 38.1. The zero-order valence-electron chi connectivity index (χ0n) is 24.4. The molecule has 2 N–H and O–H groups in total. The second-order valence-corrected chi connectivity index (χ2v) is 11.2. The smallest absolute Gasteiger partial charge is 0.408 e. The van der Waals surface area contributed by atoms with E-state index in [1.165, 1.54) is 12.7 Å². The number of methoxy groups -OCH3 is 2. The molecule has 0 saturated heterocycles. The molecule has 0 heterocycles. The standard InChI is InChI=1S/C22H34N2O5.C8H10O/c1-19(2,3)29-18(27)24-22(8,15-13-11-10-12-14-15)16(25)23-21(6,7)20(4,5)17(26)28-9;1-9-7-8-5-3-2-4-6-8/h10-14H,1-9H3,(H,23,25)(H,24,27);2-6H,7H2,1H3. The summed E-state index contributed by atoms with van der Waals surface area (Å²) < 4.78 is 15.2. The molecule has 2 aromatic rings. The maximum absolute atomic E-state index is 13.4. The first kappa shape index (κ1) is 32.6. The van der Waals surface area contributed by atoms with Gasteiger partial charge in [-0.05, 0) is 66.5 Å². The minimum atomic E-state index is -1.42. The van der Waals surface area contributed by atoms with E-state index < -0.39 is 40.1 Å². The fourth-order valence-corrected chi connectivity index (χ4v) is 3.36. The molecule has 0 aliphatic heterocycles. The van der Waals surface area contributed by atoms with Crippen molar-refractivity contribution in [2.75, 3.05) is 14.2 Å². The van der Waals surface area contributed by atoms with Crippen molar-refractivity contribution in [1.82, 2.24) is 10.6 Å². The monoisotopic (exact) mass is 528 g/mol. The van der Waals surface area contributed by atoms with Gasteiger partial charge in [0.1, 0.15) is 11.1 Å². The fraction of sp³-hybridized carbons (Fsp3) is 0.500. The number of hydrogen-bond donors (Lipinski definition) is 2. The van der Waals surface area contributed by atoms with Crippen LogP contribution in [0, 0.1) is 5.41 Å². The van der Waals surface area contributed by atoms with Gasteiger partial charge in [0.15, 0.2) is 0 Å². The van der Waals surface area contributed by atoms with Crippen molar-refractivity contribution in [1.29, 1.82) is 0 Å². The van der Waals surface area contributed by atoms with Crippen LogP contribution in [0.1, 0.15) is 66.5 Å². The number of esters is 1. The minimum absolute atomic E-state index is 0.454. The Morgan fingerprint density at radius 2 is 1.24 bits per heavy atom. The molecule has 2 rings (SSSR count). The number of alkyl carbamates (subject to hydrolysis) is 1. The second kappa shape index (κ2) is 13.4. The van der Waals surface area contributed by atoms with Crippen molar-refractivity contribution < 1.29 is 28.6 Å². The summed E-state index contributed by atoms with van der Waals surface area (Å²) in [5.41, 5.74) is -2.32. The molecule has 0 radical (unpaired) electrons. The van der Waals surface area contributed by atoms with Crippen molar-refractivity contribution in [3.63, 3.8) is 0 Å². The van der Waals surface area contributed by atoms with Gasteiger partial charge in [-0.1, -0.05) is 60.7 Å². The number of carbonyl (C=O) groups is 3. The van der Waals surface area contributed by atoms with Crippen molar-refractivity contribution in [2.45, 2.75) is 78.7 Å². The maximum Gasteiger partial charge on any atom is 0.408 e. The third-order valence-electron chi connectivity index (χ3n) is 6.39. The summed E-state index contributed by atoms with van der Waals surface area (Å²) in [6.45, 7) is 14.4. The third kappa shape index (κ3) is 9.17. The summed E-state index contributed by atoms with van der Waals surface area (Å²) in [5, 5.41) is 5.60. The van der Waals surface area contributed by atoms with Gasteiger partial charge in [0.25, 0.3) is 5.91 Å². The van der Waals surface area contributed by atoms with Gasteiger partial charge in [-0.3, -0.25) is 9.59 Å². The number of nitrogens with one attached hydrogen (secondary N) is 2. The van der Waals surface area contributed by atoms with Crippen LogP contribution in [0.5, 0.6) is 0 Å². The van der Waals surface area contributed by atoms with E-state index in [2.05, 4.69) is 10.6 Å². The zero-order chi connectivity index (χ0) is 29.2. The first-order valence-corrected chi connectivity index (χ1v) is 12.5. The normalized spacial score (nSPS) is 13.2. The molecule has 0 saturated carbocycles. The Bertz CT molecular complexity index is 1050. The zero-order valence-corrected chi connectivity index (χ0v) is 24.4. The second-order valence-electron chi connectivity index (χ2n) is 11.2. The van der Waals surface area contributed by atoms with Crippen LogP contribution in [-0.2, 0) is 35.9 Å². The topological polar surface area (TPSA) is 103 Å². The molecule has 0 aromatic heterocycles. The molecule has 0 fully saturated rings. The largest absolute Gasteiger partial charge is 0.469 e. The van der Waals surface area contributed by atoms with Crippen LogP contribution in [0.25, 0.3) is 0 Å². The van der Waals surface area contributed by atoms with Crippen molar-refractivity contribution in [3.8, 4) is 0 Å².